The average Bonchev–Trinajstić information content (AvgIpc) is 2.73. The molecule has 0 fully saturated rings. The van der Waals surface area contributed by atoms with Crippen LogP contribution in [0, 0.1) is 3.57 Å². The maximum absolute atomic E-state index is 4.40. The number of halogens is 2. The summed E-state index contributed by atoms with van der Waals surface area (Å²) in [6.45, 7) is 0. The van der Waals surface area contributed by atoms with E-state index in [1.54, 1.807) is 17.7 Å². The van der Waals surface area contributed by atoms with Gasteiger partial charge in [0.05, 0.1) is 20.4 Å². The van der Waals surface area contributed by atoms with Crippen molar-refractivity contribution in [1.29, 1.82) is 0 Å². The molecule has 2 heterocycles. The molecular weight excluding hydrogens is 411 g/mol. The van der Waals surface area contributed by atoms with E-state index in [1.807, 2.05) is 0 Å². The molecular formula is C12H6BrIN2S. The van der Waals surface area contributed by atoms with E-state index in [0.29, 0.717) is 0 Å². The van der Waals surface area contributed by atoms with Crippen LogP contribution in [0.5, 0.6) is 0 Å². The van der Waals surface area contributed by atoms with Gasteiger partial charge in [-0.1, -0.05) is 12.1 Å². The smallest absolute Gasteiger partial charge is 0.116 e. The first-order valence-electron chi connectivity index (χ1n) is 4.89. The number of rotatable bonds is 1. The zero-order valence-corrected chi connectivity index (χ0v) is 13.1. The molecule has 0 aliphatic rings. The highest BCUT2D eigenvalue weighted by Crippen LogP contribution is 2.34. The topological polar surface area (TPSA) is 25.8 Å². The maximum atomic E-state index is 4.40. The van der Waals surface area contributed by atoms with Crippen molar-refractivity contribution in [1.82, 2.24) is 9.97 Å². The Kier molecular flexibility index (Phi) is 3.14. The number of benzene rings is 1. The second-order valence-corrected chi connectivity index (χ2v) is 6.47. The summed E-state index contributed by atoms with van der Waals surface area (Å²) in [4.78, 5) is 8.69. The molecule has 84 valence electrons. The van der Waals surface area contributed by atoms with Crippen LogP contribution >= 0.6 is 49.9 Å². The second kappa shape index (κ2) is 4.62. The van der Waals surface area contributed by atoms with Crippen molar-refractivity contribution in [3.8, 4) is 11.3 Å². The third kappa shape index (κ3) is 2.11. The van der Waals surface area contributed by atoms with E-state index in [-0.39, 0.29) is 0 Å². The molecule has 0 spiro atoms. The maximum Gasteiger partial charge on any atom is 0.116 e. The van der Waals surface area contributed by atoms with Gasteiger partial charge in [-0.3, -0.25) is 0 Å². The van der Waals surface area contributed by atoms with E-state index >= 15 is 0 Å². The molecule has 17 heavy (non-hydrogen) atoms. The average molecular weight is 417 g/mol. The first kappa shape index (κ1) is 11.6. The zero-order valence-electron chi connectivity index (χ0n) is 8.52. The molecule has 5 heteroatoms. The van der Waals surface area contributed by atoms with Crippen LogP contribution in [0.4, 0.5) is 0 Å². The van der Waals surface area contributed by atoms with Gasteiger partial charge < -0.3 is 0 Å². The van der Waals surface area contributed by atoms with Gasteiger partial charge >= 0.3 is 0 Å². The van der Waals surface area contributed by atoms with Crippen molar-refractivity contribution in [3.05, 3.63) is 44.0 Å². The highest BCUT2D eigenvalue weighted by molar-refractivity contribution is 14.1. The SMILES string of the molecule is Brc1csc2c(-c3ccc(I)cc3)ncnc12. The Labute approximate surface area is 124 Å². The summed E-state index contributed by atoms with van der Waals surface area (Å²) in [7, 11) is 0. The van der Waals surface area contributed by atoms with Crippen LogP contribution in [0.15, 0.2) is 40.4 Å². The normalized spacial score (nSPS) is 10.9. The van der Waals surface area contributed by atoms with Gasteiger partial charge in [-0.25, -0.2) is 9.97 Å². The highest BCUT2D eigenvalue weighted by atomic mass is 127. The molecule has 0 bridgehead atoms. The van der Waals surface area contributed by atoms with Crippen LogP contribution in [0.2, 0.25) is 0 Å². The minimum atomic E-state index is 0.985. The van der Waals surface area contributed by atoms with Gasteiger partial charge in [0.2, 0.25) is 0 Å². The molecule has 2 nitrogen and oxygen atoms in total. The fourth-order valence-electron chi connectivity index (χ4n) is 1.64. The lowest BCUT2D eigenvalue weighted by Gasteiger charge is -2.01. The van der Waals surface area contributed by atoms with E-state index < -0.39 is 0 Å². The Bertz CT molecular complexity index is 679. The molecule has 3 aromatic rings. The van der Waals surface area contributed by atoms with Crippen LogP contribution in [-0.4, -0.2) is 9.97 Å². The third-order valence-electron chi connectivity index (χ3n) is 2.43. The van der Waals surface area contributed by atoms with Crippen LogP contribution in [0.1, 0.15) is 0 Å². The number of hydrogen-bond acceptors (Lipinski definition) is 3. The molecule has 0 N–H and O–H groups in total. The van der Waals surface area contributed by atoms with Gasteiger partial charge in [0.15, 0.2) is 0 Å². The van der Waals surface area contributed by atoms with Crippen LogP contribution < -0.4 is 0 Å². The van der Waals surface area contributed by atoms with Gasteiger partial charge in [0.1, 0.15) is 6.33 Å². The molecule has 1 aromatic carbocycles. The molecule has 0 saturated heterocycles. The third-order valence-corrected chi connectivity index (χ3v) is 5.03. The highest BCUT2D eigenvalue weighted by Gasteiger charge is 2.10. The summed E-state index contributed by atoms with van der Waals surface area (Å²) in [5.41, 5.74) is 3.12. The van der Waals surface area contributed by atoms with Crippen LogP contribution in [0.25, 0.3) is 21.5 Å². The van der Waals surface area contributed by atoms with Crippen molar-refractivity contribution < 1.29 is 0 Å². The van der Waals surface area contributed by atoms with Crippen molar-refractivity contribution in [3.63, 3.8) is 0 Å². The summed E-state index contributed by atoms with van der Waals surface area (Å²) in [5, 5.41) is 2.05. The zero-order chi connectivity index (χ0) is 11.8. The lowest BCUT2D eigenvalue weighted by Crippen LogP contribution is -1.86. The molecule has 0 saturated carbocycles. The molecule has 0 unspecified atom stereocenters. The van der Waals surface area contributed by atoms with Crippen molar-refractivity contribution in [2.45, 2.75) is 0 Å². The fraction of sp³-hybridized carbons (Fsp3) is 0. The first-order valence-corrected chi connectivity index (χ1v) is 7.64. The van der Waals surface area contributed by atoms with Gasteiger partial charge in [-0.05, 0) is 50.7 Å². The number of aromatic nitrogens is 2. The Morgan fingerprint density at radius 3 is 2.65 bits per heavy atom. The summed E-state index contributed by atoms with van der Waals surface area (Å²) in [6, 6.07) is 8.37. The van der Waals surface area contributed by atoms with Crippen LogP contribution in [-0.2, 0) is 0 Å². The molecule has 0 aliphatic heterocycles. The van der Waals surface area contributed by atoms with E-state index in [4.69, 9.17) is 0 Å². The minimum Gasteiger partial charge on any atom is -0.235 e. The summed E-state index contributed by atoms with van der Waals surface area (Å²) >= 11 is 7.47. The number of fused-ring (bicyclic) bond motifs is 1. The van der Waals surface area contributed by atoms with Gasteiger partial charge in [-0.2, -0.15) is 0 Å². The van der Waals surface area contributed by atoms with Crippen molar-refractivity contribution in [2.24, 2.45) is 0 Å². The summed E-state index contributed by atoms with van der Waals surface area (Å²) in [6.07, 6.45) is 1.62. The molecule has 0 atom stereocenters. The second-order valence-electron chi connectivity index (χ2n) is 3.49. The van der Waals surface area contributed by atoms with E-state index in [0.717, 1.165) is 25.9 Å². The Morgan fingerprint density at radius 2 is 1.88 bits per heavy atom. The predicted octanol–water partition coefficient (Wildman–Crippen LogP) is 4.73. The summed E-state index contributed by atoms with van der Waals surface area (Å²) in [5.74, 6) is 0. The van der Waals surface area contributed by atoms with Crippen molar-refractivity contribution in [2.75, 3.05) is 0 Å². The molecule has 2 aromatic heterocycles. The first-order chi connectivity index (χ1) is 8.25. The Morgan fingerprint density at radius 1 is 1.12 bits per heavy atom. The van der Waals surface area contributed by atoms with Gasteiger partial charge in [0, 0.05) is 14.5 Å². The minimum absolute atomic E-state index is 0.985. The monoisotopic (exact) mass is 416 g/mol. The quantitative estimate of drug-likeness (QED) is 0.536. The molecule has 3 rings (SSSR count). The Hall–Kier alpha value is -0.530. The van der Waals surface area contributed by atoms with Crippen molar-refractivity contribution >= 4 is 60.1 Å². The Balaban J connectivity index is 2.26. The number of hydrogen-bond donors (Lipinski definition) is 0. The van der Waals surface area contributed by atoms with Gasteiger partial charge in [0.25, 0.3) is 0 Å². The number of thiophene rings is 1. The largest absolute Gasteiger partial charge is 0.235 e. The fourth-order valence-corrected chi connectivity index (χ4v) is 3.60. The molecule has 0 amide bonds. The standard InChI is InChI=1S/C12H6BrIN2S/c13-9-5-17-12-10(15-6-16-11(9)12)7-1-3-8(14)4-2-7/h1-6H. The predicted molar refractivity (Wildman–Crippen MR) is 83.3 cm³/mol. The van der Waals surface area contributed by atoms with Crippen LogP contribution in [0.3, 0.4) is 0 Å². The summed E-state index contributed by atoms with van der Waals surface area (Å²) < 4.78 is 3.39. The lowest BCUT2D eigenvalue weighted by atomic mass is 10.1. The van der Waals surface area contributed by atoms with Gasteiger partial charge in [-0.15, -0.1) is 11.3 Å². The van der Waals surface area contributed by atoms with E-state index in [1.165, 1.54) is 3.57 Å². The number of nitrogens with zero attached hydrogens (tertiary/aromatic N) is 2. The van der Waals surface area contributed by atoms with E-state index in [9.17, 15) is 0 Å². The molecule has 0 aliphatic carbocycles. The van der Waals surface area contributed by atoms with E-state index in [2.05, 4.69) is 78.1 Å². The molecule has 0 radical (unpaired) electrons. The lowest BCUT2D eigenvalue weighted by molar-refractivity contribution is 1.23.